The fraction of sp³-hybridized carbons (Fsp3) is 0.545. The topological polar surface area (TPSA) is 46.3 Å². The molecule has 0 aliphatic carbocycles. The SMILES string of the molecule is N[C@@H]1CCN(C(=O)CCc2ccsc2)C1. The molecule has 1 aliphatic heterocycles. The summed E-state index contributed by atoms with van der Waals surface area (Å²) < 4.78 is 0. The summed E-state index contributed by atoms with van der Waals surface area (Å²) in [5, 5.41) is 4.15. The van der Waals surface area contributed by atoms with Crippen LogP contribution in [0.2, 0.25) is 0 Å². The number of aryl methyl sites for hydroxylation is 1. The molecule has 2 N–H and O–H groups in total. The smallest absolute Gasteiger partial charge is 0.222 e. The van der Waals surface area contributed by atoms with Gasteiger partial charge in [0.25, 0.3) is 0 Å². The predicted molar refractivity (Wildman–Crippen MR) is 61.8 cm³/mol. The average Bonchev–Trinajstić information content (AvgIpc) is 2.84. The second-order valence-corrected chi connectivity index (χ2v) is 4.80. The van der Waals surface area contributed by atoms with Gasteiger partial charge in [0, 0.05) is 25.6 Å². The molecule has 4 heteroatoms. The maximum absolute atomic E-state index is 11.8. The van der Waals surface area contributed by atoms with Crippen molar-refractivity contribution in [3.63, 3.8) is 0 Å². The van der Waals surface area contributed by atoms with Crippen molar-refractivity contribution in [2.24, 2.45) is 5.73 Å². The number of hydrogen-bond acceptors (Lipinski definition) is 3. The van der Waals surface area contributed by atoms with Gasteiger partial charge in [-0.1, -0.05) is 0 Å². The molecule has 3 nitrogen and oxygen atoms in total. The third-order valence-electron chi connectivity index (χ3n) is 2.79. The lowest BCUT2D eigenvalue weighted by Gasteiger charge is -2.15. The molecule has 0 bridgehead atoms. The Kier molecular flexibility index (Phi) is 3.38. The molecule has 1 fully saturated rings. The first kappa shape index (κ1) is 10.6. The van der Waals surface area contributed by atoms with Crippen molar-refractivity contribution >= 4 is 17.2 Å². The second kappa shape index (κ2) is 4.77. The fourth-order valence-electron chi connectivity index (χ4n) is 1.86. The van der Waals surface area contributed by atoms with E-state index in [1.165, 1.54) is 5.56 Å². The summed E-state index contributed by atoms with van der Waals surface area (Å²) in [6.45, 7) is 1.58. The first-order valence-corrected chi connectivity index (χ1v) is 6.24. The van der Waals surface area contributed by atoms with Crippen molar-refractivity contribution in [2.45, 2.75) is 25.3 Å². The van der Waals surface area contributed by atoms with E-state index in [0.717, 1.165) is 25.9 Å². The van der Waals surface area contributed by atoms with Crippen molar-refractivity contribution < 1.29 is 4.79 Å². The van der Waals surface area contributed by atoms with Gasteiger partial charge >= 0.3 is 0 Å². The molecule has 1 amide bonds. The van der Waals surface area contributed by atoms with Crippen LogP contribution >= 0.6 is 11.3 Å². The Bertz CT molecular complexity index is 323. The minimum Gasteiger partial charge on any atom is -0.341 e. The van der Waals surface area contributed by atoms with E-state index in [2.05, 4.69) is 11.4 Å². The number of likely N-dealkylation sites (tertiary alicyclic amines) is 1. The van der Waals surface area contributed by atoms with E-state index in [1.54, 1.807) is 11.3 Å². The number of carbonyl (C=O) groups is 1. The highest BCUT2D eigenvalue weighted by Crippen LogP contribution is 2.12. The largest absolute Gasteiger partial charge is 0.341 e. The maximum Gasteiger partial charge on any atom is 0.222 e. The van der Waals surface area contributed by atoms with E-state index in [4.69, 9.17) is 5.73 Å². The van der Waals surface area contributed by atoms with Crippen LogP contribution in [0.25, 0.3) is 0 Å². The normalized spacial score (nSPS) is 20.9. The second-order valence-electron chi connectivity index (χ2n) is 4.02. The minimum atomic E-state index is 0.190. The number of rotatable bonds is 3. The molecule has 1 aliphatic rings. The number of nitrogens with two attached hydrogens (primary N) is 1. The van der Waals surface area contributed by atoms with Gasteiger partial charge in [-0.3, -0.25) is 4.79 Å². The van der Waals surface area contributed by atoms with E-state index < -0.39 is 0 Å². The van der Waals surface area contributed by atoms with Gasteiger partial charge in [-0.15, -0.1) is 0 Å². The zero-order valence-electron chi connectivity index (χ0n) is 8.69. The summed E-state index contributed by atoms with van der Waals surface area (Å²) in [5.74, 6) is 0.245. The quantitative estimate of drug-likeness (QED) is 0.839. The van der Waals surface area contributed by atoms with Crippen LogP contribution in [0.1, 0.15) is 18.4 Å². The predicted octanol–water partition coefficient (Wildman–Crippen LogP) is 1.24. The maximum atomic E-state index is 11.8. The van der Waals surface area contributed by atoms with Gasteiger partial charge in [-0.05, 0) is 35.2 Å². The van der Waals surface area contributed by atoms with Crippen LogP contribution in [-0.4, -0.2) is 29.9 Å². The highest BCUT2D eigenvalue weighted by Gasteiger charge is 2.22. The average molecular weight is 224 g/mol. The number of hydrogen-bond donors (Lipinski definition) is 1. The molecule has 0 radical (unpaired) electrons. The number of carbonyl (C=O) groups excluding carboxylic acids is 1. The van der Waals surface area contributed by atoms with Crippen molar-refractivity contribution in [3.05, 3.63) is 22.4 Å². The van der Waals surface area contributed by atoms with Crippen LogP contribution in [0, 0.1) is 0 Å². The van der Waals surface area contributed by atoms with Crippen molar-refractivity contribution in [1.29, 1.82) is 0 Å². The number of nitrogens with zero attached hydrogens (tertiary/aromatic N) is 1. The molecule has 0 unspecified atom stereocenters. The molecule has 1 saturated heterocycles. The molecule has 15 heavy (non-hydrogen) atoms. The molecular weight excluding hydrogens is 208 g/mol. The molecular formula is C11H16N2OS. The zero-order valence-corrected chi connectivity index (χ0v) is 9.50. The van der Waals surface area contributed by atoms with Crippen LogP contribution in [0.3, 0.4) is 0 Å². The molecule has 0 saturated carbocycles. The standard InChI is InChI=1S/C11H16N2OS/c12-10-3-5-13(7-10)11(14)2-1-9-4-6-15-8-9/h4,6,8,10H,1-3,5,7,12H2/t10-/m1/s1. The molecule has 82 valence electrons. The van der Waals surface area contributed by atoms with E-state index in [0.29, 0.717) is 6.42 Å². The molecule has 2 rings (SSSR count). The Morgan fingerprint density at radius 3 is 3.13 bits per heavy atom. The Hall–Kier alpha value is -0.870. The Labute approximate surface area is 93.9 Å². The first-order chi connectivity index (χ1) is 7.25. The van der Waals surface area contributed by atoms with E-state index in [9.17, 15) is 4.79 Å². The Balaban J connectivity index is 1.78. The lowest BCUT2D eigenvalue weighted by atomic mass is 10.2. The summed E-state index contributed by atoms with van der Waals surface area (Å²) in [5.41, 5.74) is 7.02. The van der Waals surface area contributed by atoms with Gasteiger partial charge in [0.1, 0.15) is 0 Å². The van der Waals surface area contributed by atoms with Crippen molar-refractivity contribution in [3.8, 4) is 0 Å². The first-order valence-electron chi connectivity index (χ1n) is 5.30. The number of thiophene rings is 1. The van der Waals surface area contributed by atoms with E-state index >= 15 is 0 Å². The van der Waals surface area contributed by atoms with Crippen LogP contribution < -0.4 is 5.73 Å². The monoisotopic (exact) mass is 224 g/mol. The summed E-state index contributed by atoms with van der Waals surface area (Å²) in [4.78, 5) is 13.6. The van der Waals surface area contributed by atoms with Crippen LogP contribution in [0.4, 0.5) is 0 Å². The zero-order chi connectivity index (χ0) is 10.7. The van der Waals surface area contributed by atoms with Gasteiger partial charge in [-0.2, -0.15) is 11.3 Å². The molecule has 2 heterocycles. The molecule has 1 atom stereocenters. The summed E-state index contributed by atoms with van der Waals surface area (Å²) >= 11 is 1.68. The summed E-state index contributed by atoms with van der Waals surface area (Å²) in [6.07, 6.45) is 2.42. The minimum absolute atomic E-state index is 0.190. The van der Waals surface area contributed by atoms with Crippen molar-refractivity contribution in [1.82, 2.24) is 4.90 Å². The van der Waals surface area contributed by atoms with E-state index in [-0.39, 0.29) is 11.9 Å². The molecule has 1 aromatic heterocycles. The van der Waals surface area contributed by atoms with Crippen LogP contribution in [-0.2, 0) is 11.2 Å². The van der Waals surface area contributed by atoms with E-state index in [1.807, 2.05) is 10.3 Å². The highest BCUT2D eigenvalue weighted by molar-refractivity contribution is 7.07. The fourth-order valence-corrected chi connectivity index (χ4v) is 2.56. The molecule has 1 aromatic rings. The number of amides is 1. The Morgan fingerprint density at radius 2 is 2.53 bits per heavy atom. The highest BCUT2D eigenvalue weighted by atomic mass is 32.1. The lowest BCUT2D eigenvalue weighted by Crippen LogP contribution is -2.31. The van der Waals surface area contributed by atoms with Gasteiger partial charge in [0.2, 0.25) is 5.91 Å². The summed E-state index contributed by atoms with van der Waals surface area (Å²) in [7, 11) is 0. The van der Waals surface area contributed by atoms with Gasteiger partial charge in [0.05, 0.1) is 0 Å². The van der Waals surface area contributed by atoms with Crippen molar-refractivity contribution in [2.75, 3.05) is 13.1 Å². The molecule has 0 spiro atoms. The van der Waals surface area contributed by atoms with Crippen LogP contribution in [0.5, 0.6) is 0 Å². The van der Waals surface area contributed by atoms with Gasteiger partial charge in [0.15, 0.2) is 0 Å². The molecule has 0 aromatic carbocycles. The van der Waals surface area contributed by atoms with Crippen LogP contribution in [0.15, 0.2) is 16.8 Å². The third kappa shape index (κ3) is 2.79. The lowest BCUT2D eigenvalue weighted by molar-refractivity contribution is -0.130. The third-order valence-corrected chi connectivity index (χ3v) is 3.52. The van der Waals surface area contributed by atoms with Gasteiger partial charge in [-0.25, -0.2) is 0 Å². The van der Waals surface area contributed by atoms with Gasteiger partial charge < -0.3 is 10.6 Å². The Morgan fingerprint density at radius 1 is 1.67 bits per heavy atom. The summed E-state index contributed by atoms with van der Waals surface area (Å²) in [6, 6.07) is 2.27.